The first-order valence-electron chi connectivity index (χ1n) is 6.05. The molecular weight excluding hydrogens is 274 g/mol. The summed E-state index contributed by atoms with van der Waals surface area (Å²) < 4.78 is 5.68. The maximum absolute atomic E-state index is 5.68. The predicted molar refractivity (Wildman–Crippen MR) is 80.3 cm³/mol. The van der Waals surface area contributed by atoms with E-state index in [-0.39, 0.29) is 12.4 Å². The quantitative estimate of drug-likeness (QED) is 0.803. The second kappa shape index (κ2) is 6.32. The number of nitrogens with two attached hydrogens (primary N) is 1. The van der Waals surface area contributed by atoms with Crippen molar-refractivity contribution in [2.24, 2.45) is 5.73 Å². The topological polar surface area (TPSA) is 64.9 Å². The van der Waals surface area contributed by atoms with Crippen molar-refractivity contribution in [1.82, 2.24) is 10.2 Å². The molecule has 0 saturated heterocycles. The molecule has 3 rings (SSSR count). The lowest BCUT2D eigenvalue weighted by molar-refractivity contribution is 0.584. The van der Waals surface area contributed by atoms with E-state index in [4.69, 9.17) is 10.2 Å². The Morgan fingerprint density at radius 3 is 1.90 bits per heavy atom. The maximum Gasteiger partial charge on any atom is 0.248 e. The summed E-state index contributed by atoms with van der Waals surface area (Å²) in [6.07, 6.45) is 0. The molecule has 3 aromatic rings. The summed E-state index contributed by atoms with van der Waals surface area (Å²) in [7, 11) is 0. The first-order chi connectivity index (χ1) is 9.36. The van der Waals surface area contributed by atoms with Gasteiger partial charge in [-0.3, -0.25) is 0 Å². The zero-order chi connectivity index (χ0) is 13.1. The fraction of sp³-hybridized carbons (Fsp3) is 0.0667. The number of rotatable bonds is 3. The highest BCUT2D eigenvalue weighted by Crippen LogP contribution is 2.23. The van der Waals surface area contributed by atoms with Gasteiger partial charge < -0.3 is 10.2 Å². The van der Waals surface area contributed by atoms with Gasteiger partial charge in [-0.1, -0.05) is 30.3 Å². The third-order valence-corrected chi connectivity index (χ3v) is 2.88. The molecule has 0 spiro atoms. The minimum absolute atomic E-state index is 0. The minimum Gasteiger partial charge on any atom is -0.416 e. The van der Waals surface area contributed by atoms with Gasteiger partial charge in [0.1, 0.15) is 0 Å². The lowest BCUT2D eigenvalue weighted by Gasteiger charge is -1.97. The molecule has 1 aromatic heterocycles. The number of nitrogens with zero attached hydrogens (tertiary/aromatic N) is 2. The highest BCUT2D eigenvalue weighted by Gasteiger charge is 2.09. The third kappa shape index (κ3) is 2.87. The number of hydrogen-bond donors (Lipinski definition) is 1. The summed E-state index contributed by atoms with van der Waals surface area (Å²) in [5, 5.41) is 8.13. The lowest BCUT2D eigenvalue weighted by atomic mass is 10.1. The van der Waals surface area contributed by atoms with E-state index in [0.29, 0.717) is 18.3 Å². The van der Waals surface area contributed by atoms with Crippen molar-refractivity contribution in [2.75, 3.05) is 0 Å². The van der Waals surface area contributed by atoms with E-state index in [2.05, 4.69) is 10.2 Å². The second-order valence-corrected chi connectivity index (χ2v) is 4.18. The van der Waals surface area contributed by atoms with Crippen molar-refractivity contribution in [3.8, 4) is 22.9 Å². The third-order valence-electron chi connectivity index (χ3n) is 2.88. The van der Waals surface area contributed by atoms with Crippen molar-refractivity contribution < 1.29 is 4.42 Å². The van der Waals surface area contributed by atoms with Crippen LogP contribution in [0.25, 0.3) is 22.9 Å². The molecule has 0 bridgehead atoms. The minimum atomic E-state index is 0. The van der Waals surface area contributed by atoms with E-state index in [1.807, 2.05) is 54.6 Å². The summed E-state index contributed by atoms with van der Waals surface area (Å²) in [6.45, 7) is 0.527. The van der Waals surface area contributed by atoms with Crippen LogP contribution < -0.4 is 5.73 Å². The highest BCUT2D eigenvalue weighted by atomic mass is 35.5. The first-order valence-corrected chi connectivity index (χ1v) is 6.05. The Labute approximate surface area is 123 Å². The van der Waals surface area contributed by atoms with Gasteiger partial charge >= 0.3 is 0 Å². The standard InChI is InChI=1S/C15H13N3O.ClH/c16-10-11-6-8-13(9-7-11)15-18-17-14(19-15)12-4-2-1-3-5-12;/h1-9H,10,16H2;1H. The van der Waals surface area contributed by atoms with Crippen molar-refractivity contribution in [1.29, 1.82) is 0 Å². The number of halogens is 1. The maximum atomic E-state index is 5.68. The Morgan fingerprint density at radius 1 is 0.800 bits per heavy atom. The van der Waals surface area contributed by atoms with Crippen LogP contribution in [0.5, 0.6) is 0 Å². The SMILES string of the molecule is Cl.NCc1ccc(-c2nnc(-c3ccccc3)o2)cc1. The average molecular weight is 288 g/mol. The van der Waals surface area contributed by atoms with Gasteiger partial charge in [-0.15, -0.1) is 22.6 Å². The smallest absolute Gasteiger partial charge is 0.248 e. The molecule has 1 heterocycles. The molecular formula is C15H14ClN3O. The van der Waals surface area contributed by atoms with E-state index in [0.717, 1.165) is 16.7 Å². The van der Waals surface area contributed by atoms with Crippen molar-refractivity contribution >= 4 is 12.4 Å². The second-order valence-electron chi connectivity index (χ2n) is 4.18. The molecule has 0 unspecified atom stereocenters. The Morgan fingerprint density at radius 2 is 1.35 bits per heavy atom. The molecule has 2 N–H and O–H groups in total. The molecule has 0 saturated carbocycles. The summed E-state index contributed by atoms with van der Waals surface area (Å²) in [4.78, 5) is 0. The van der Waals surface area contributed by atoms with Gasteiger partial charge in [0.25, 0.3) is 0 Å². The molecule has 0 amide bonds. The van der Waals surface area contributed by atoms with E-state index < -0.39 is 0 Å². The Balaban J connectivity index is 0.00000147. The molecule has 0 radical (unpaired) electrons. The van der Waals surface area contributed by atoms with Crippen LogP contribution in [0.15, 0.2) is 59.0 Å². The van der Waals surface area contributed by atoms with Crippen molar-refractivity contribution in [2.45, 2.75) is 6.54 Å². The van der Waals surface area contributed by atoms with E-state index in [9.17, 15) is 0 Å². The van der Waals surface area contributed by atoms with Gasteiger partial charge in [-0.2, -0.15) is 0 Å². The van der Waals surface area contributed by atoms with Gasteiger partial charge in [0.2, 0.25) is 11.8 Å². The monoisotopic (exact) mass is 287 g/mol. The van der Waals surface area contributed by atoms with Gasteiger partial charge in [0.15, 0.2) is 0 Å². The molecule has 0 aliphatic carbocycles. The lowest BCUT2D eigenvalue weighted by Crippen LogP contribution is -1.95. The van der Waals surface area contributed by atoms with Crippen LogP contribution in [0.1, 0.15) is 5.56 Å². The molecule has 5 heteroatoms. The van der Waals surface area contributed by atoms with Gasteiger partial charge in [-0.05, 0) is 29.8 Å². The molecule has 20 heavy (non-hydrogen) atoms. The number of hydrogen-bond acceptors (Lipinski definition) is 4. The highest BCUT2D eigenvalue weighted by molar-refractivity contribution is 5.85. The van der Waals surface area contributed by atoms with Crippen LogP contribution in [0.4, 0.5) is 0 Å². The van der Waals surface area contributed by atoms with Crippen molar-refractivity contribution in [3.05, 3.63) is 60.2 Å². The zero-order valence-corrected chi connectivity index (χ0v) is 11.5. The van der Waals surface area contributed by atoms with Gasteiger partial charge in [0.05, 0.1) is 0 Å². The number of benzene rings is 2. The normalized spacial score (nSPS) is 10.1. The molecule has 2 aromatic carbocycles. The Hall–Kier alpha value is -2.17. The van der Waals surface area contributed by atoms with Crippen LogP contribution in [0, 0.1) is 0 Å². The average Bonchev–Trinajstić information content (AvgIpc) is 2.98. The van der Waals surface area contributed by atoms with Crippen LogP contribution in [0.3, 0.4) is 0 Å². The molecule has 0 aliphatic rings. The summed E-state index contributed by atoms with van der Waals surface area (Å²) in [5.41, 5.74) is 8.45. The van der Waals surface area contributed by atoms with Gasteiger partial charge in [0, 0.05) is 17.7 Å². The molecule has 0 aliphatic heterocycles. The summed E-state index contributed by atoms with van der Waals surface area (Å²) >= 11 is 0. The molecule has 0 atom stereocenters. The van der Waals surface area contributed by atoms with E-state index in [1.54, 1.807) is 0 Å². The fourth-order valence-corrected chi connectivity index (χ4v) is 1.82. The summed E-state index contributed by atoms with van der Waals surface area (Å²) in [6, 6.07) is 17.5. The fourth-order valence-electron chi connectivity index (χ4n) is 1.82. The Kier molecular flexibility index (Phi) is 4.50. The Bertz CT molecular complexity index is 665. The number of aromatic nitrogens is 2. The summed E-state index contributed by atoms with van der Waals surface area (Å²) in [5.74, 6) is 1.04. The predicted octanol–water partition coefficient (Wildman–Crippen LogP) is 3.28. The van der Waals surface area contributed by atoms with Crippen LogP contribution in [-0.4, -0.2) is 10.2 Å². The van der Waals surface area contributed by atoms with E-state index >= 15 is 0 Å². The zero-order valence-electron chi connectivity index (χ0n) is 10.7. The largest absolute Gasteiger partial charge is 0.416 e. The van der Waals surface area contributed by atoms with Crippen LogP contribution in [-0.2, 0) is 6.54 Å². The van der Waals surface area contributed by atoms with E-state index in [1.165, 1.54) is 0 Å². The van der Waals surface area contributed by atoms with Crippen LogP contribution in [0.2, 0.25) is 0 Å². The van der Waals surface area contributed by atoms with Crippen LogP contribution >= 0.6 is 12.4 Å². The molecule has 102 valence electrons. The molecule has 0 fully saturated rings. The molecule has 4 nitrogen and oxygen atoms in total. The van der Waals surface area contributed by atoms with Crippen molar-refractivity contribution in [3.63, 3.8) is 0 Å². The van der Waals surface area contributed by atoms with Gasteiger partial charge in [-0.25, -0.2) is 0 Å². The first kappa shape index (κ1) is 14.2.